The fourth-order valence-corrected chi connectivity index (χ4v) is 2.80. The molecular weight excluding hydrogens is 383 g/mol. The molecular formula is C16H10Cl2N4O2S. The van der Waals surface area contributed by atoms with Crippen molar-refractivity contribution in [3.05, 3.63) is 78.8 Å². The molecule has 3 aromatic rings. The summed E-state index contributed by atoms with van der Waals surface area (Å²) in [6.45, 7) is 0. The number of aromatic amines is 1. The van der Waals surface area contributed by atoms with Gasteiger partial charge in [-0.3, -0.25) is 20.1 Å². The van der Waals surface area contributed by atoms with Gasteiger partial charge >= 0.3 is 0 Å². The second-order valence-corrected chi connectivity index (χ2v) is 6.20. The Morgan fingerprint density at radius 1 is 1.16 bits per heavy atom. The predicted molar refractivity (Wildman–Crippen MR) is 104 cm³/mol. The molecule has 9 heteroatoms. The van der Waals surface area contributed by atoms with E-state index in [9.17, 15) is 9.59 Å². The zero-order valence-electron chi connectivity index (χ0n) is 12.5. The summed E-state index contributed by atoms with van der Waals surface area (Å²) >= 11 is 17.0. The van der Waals surface area contributed by atoms with Gasteiger partial charge in [0, 0.05) is 10.6 Å². The van der Waals surface area contributed by atoms with Crippen LogP contribution in [0.1, 0.15) is 5.56 Å². The molecule has 0 saturated carbocycles. The number of benzene rings is 2. The van der Waals surface area contributed by atoms with Crippen LogP contribution in [0.4, 0.5) is 0 Å². The summed E-state index contributed by atoms with van der Waals surface area (Å²) in [7, 11) is 0. The van der Waals surface area contributed by atoms with E-state index in [0.717, 1.165) is 4.68 Å². The number of aromatic nitrogens is 2. The Hall–Kier alpha value is -2.48. The highest BCUT2D eigenvalue weighted by atomic mass is 35.5. The summed E-state index contributed by atoms with van der Waals surface area (Å²) < 4.78 is 0.931. The number of hydrogen-bond acceptors (Lipinski definition) is 4. The van der Waals surface area contributed by atoms with Crippen LogP contribution in [0.15, 0.2) is 57.2 Å². The second kappa shape index (κ2) is 7.18. The third kappa shape index (κ3) is 3.63. The maximum atomic E-state index is 12.4. The first-order chi connectivity index (χ1) is 12.0. The average Bonchev–Trinajstić information content (AvgIpc) is 2.60. The lowest BCUT2D eigenvalue weighted by atomic mass is 10.2. The second-order valence-electron chi connectivity index (χ2n) is 4.97. The number of halogens is 2. The number of nitrogens with one attached hydrogen (secondary N) is 2. The van der Waals surface area contributed by atoms with Gasteiger partial charge < -0.3 is 0 Å². The minimum atomic E-state index is -0.451. The minimum Gasteiger partial charge on any atom is -0.267 e. The molecule has 0 aliphatic heterocycles. The van der Waals surface area contributed by atoms with Crippen LogP contribution in [-0.2, 0) is 0 Å². The van der Waals surface area contributed by atoms with E-state index in [2.05, 4.69) is 15.6 Å². The maximum Gasteiger partial charge on any atom is 0.279 e. The number of fused-ring (bicyclic) bond motifs is 1. The Morgan fingerprint density at radius 3 is 2.60 bits per heavy atom. The smallest absolute Gasteiger partial charge is 0.267 e. The molecule has 0 unspecified atom stereocenters. The van der Waals surface area contributed by atoms with Crippen LogP contribution in [0.5, 0.6) is 0 Å². The first kappa shape index (κ1) is 17.3. The molecule has 0 amide bonds. The van der Waals surface area contributed by atoms with Crippen LogP contribution in [0, 0.1) is 0 Å². The topological polar surface area (TPSA) is 79.2 Å². The van der Waals surface area contributed by atoms with Crippen molar-refractivity contribution in [2.75, 3.05) is 0 Å². The fraction of sp³-hybridized carbons (Fsp3) is 0. The van der Waals surface area contributed by atoms with Gasteiger partial charge in [0.25, 0.3) is 11.1 Å². The lowest BCUT2D eigenvalue weighted by Crippen LogP contribution is -2.39. The molecule has 3 rings (SSSR count). The van der Waals surface area contributed by atoms with E-state index in [-0.39, 0.29) is 10.5 Å². The largest absolute Gasteiger partial charge is 0.279 e. The molecule has 1 heterocycles. The van der Waals surface area contributed by atoms with Crippen molar-refractivity contribution < 1.29 is 0 Å². The van der Waals surface area contributed by atoms with Gasteiger partial charge in [-0.15, -0.1) is 0 Å². The minimum absolute atomic E-state index is 0.0748. The number of H-pyrrole nitrogens is 1. The average molecular weight is 393 g/mol. The molecule has 25 heavy (non-hydrogen) atoms. The molecule has 0 spiro atoms. The summed E-state index contributed by atoms with van der Waals surface area (Å²) in [5.41, 5.74) is 2.26. The van der Waals surface area contributed by atoms with Crippen LogP contribution in [-0.4, -0.2) is 21.1 Å². The van der Waals surface area contributed by atoms with Crippen molar-refractivity contribution in [2.24, 2.45) is 5.10 Å². The van der Waals surface area contributed by atoms with Crippen molar-refractivity contribution in [3.63, 3.8) is 0 Å². The Balaban J connectivity index is 1.88. The Kier molecular flexibility index (Phi) is 4.98. The van der Waals surface area contributed by atoms with Gasteiger partial charge in [0.2, 0.25) is 5.11 Å². The lowest BCUT2D eigenvalue weighted by molar-refractivity contribution is 0.813. The van der Waals surface area contributed by atoms with Crippen LogP contribution in [0.25, 0.3) is 10.8 Å². The molecule has 6 nitrogen and oxygen atoms in total. The van der Waals surface area contributed by atoms with Gasteiger partial charge in [-0.2, -0.15) is 9.78 Å². The SMILES string of the molecule is O=c1[nH]n(C(=S)N/N=C/c2ccc(Cl)cc2Cl)c(=O)c2ccccc12. The Morgan fingerprint density at radius 2 is 1.88 bits per heavy atom. The molecule has 1 aromatic heterocycles. The molecule has 0 saturated heterocycles. The van der Waals surface area contributed by atoms with Crippen LogP contribution >= 0.6 is 35.4 Å². The molecule has 2 N–H and O–H groups in total. The highest BCUT2D eigenvalue weighted by Gasteiger charge is 2.09. The zero-order valence-corrected chi connectivity index (χ0v) is 14.8. The van der Waals surface area contributed by atoms with Gasteiger partial charge in [-0.1, -0.05) is 41.4 Å². The molecule has 0 bridgehead atoms. The van der Waals surface area contributed by atoms with Crippen LogP contribution < -0.4 is 16.5 Å². The quantitative estimate of drug-likeness (QED) is 0.399. The van der Waals surface area contributed by atoms with E-state index in [1.165, 1.54) is 6.21 Å². The van der Waals surface area contributed by atoms with Crippen molar-refractivity contribution in [2.45, 2.75) is 0 Å². The zero-order chi connectivity index (χ0) is 18.0. The van der Waals surface area contributed by atoms with Crippen molar-refractivity contribution in [1.82, 2.24) is 15.2 Å². The monoisotopic (exact) mass is 392 g/mol. The first-order valence-corrected chi connectivity index (χ1v) is 8.16. The number of thiocarbonyl (C=S) groups is 1. The molecule has 0 aliphatic rings. The van der Waals surface area contributed by atoms with Gasteiger partial charge in [-0.05, 0) is 36.5 Å². The standard InChI is InChI=1S/C16H10Cl2N4O2S/c17-10-6-5-9(13(18)7-10)8-19-20-16(25)22-15(24)12-4-2-1-3-11(12)14(23)21-22/h1-8H,(H,20,25)(H,21,23)/b19-8+. The van der Waals surface area contributed by atoms with E-state index in [1.807, 2.05) is 0 Å². The van der Waals surface area contributed by atoms with Gasteiger partial charge in [0.05, 0.1) is 22.0 Å². The lowest BCUT2D eigenvalue weighted by Gasteiger charge is -2.07. The highest BCUT2D eigenvalue weighted by molar-refractivity contribution is 7.80. The van der Waals surface area contributed by atoms with Gasteiger partial charge in [0.15, 0.2) is 0 Å². The van der Waals surface area contributed by atoms with Crippen molar-refractivity contribution in [1.29, 1.82) is 0 Å². The van der Waals surface area contributed by atoms with E-state index in [1.54, 1.807) is 42.5 Å². The third-order valence-electron chi connectivity index (χ3n) is 3.35. The van der Waals surface area contributed by atoms with E-state index in [0.29, 0.717) is 21.0 Å². The number of hydrogen-bond donors (Lipinski definition) is 2. The highest BCUT2D eigenvalue weighted by Crippen LogP contribution is 2.19. The molecule has 0 aliphatic carbocycles. The normalized spacial score (nSPS) is 11.1. The molecule has 0 fully saturated rings. The summed E-state index contributed by atoms with van der Waals surface area (Å²) in [4.78, 5) is 24.5. The Bertz CT molecular complexity index is 1120. The van der Waals surface area contributed by atoms with Gasteiger partial charge in [0.1, 0.15) is 0 Å². The number of hydrazone groups is 1. The summed E-state index contributed by atoms with van der Waals surface area (Å²) in [5, 5.41) is 7.75. The van der Waals surface area contributed by atoms with E-state index >= 15 is 0 Å². The van der Waals surface area contributed by atoms with Crippen LogP contribution in [0.3, 0.4) is 0 Å². The fourth-order valence-electron chi connectivity index (χ4n) is 2.16. The van der Waals surface area contributed by atoms with E-state index < -0.39 is 11.1 Å². The van der Waals surface area contributed by atoms with E-state index in [4.69, 9.17) is 35.4 Å². The molecule has 0 atom stereocenters. The summed E-state index contributed by atoms with van der Waals surface area (Å²) in [6.07, 6.45) is 1.43. The molecule has 2 aromatic carbocycles. The third-order valence-corrected chi connectivity index (χ3v) is 4.18. The van der Waals surface area contributed by atoms with Gasteiger partial charge in [-0.25, -0.2) is 0 Å². The molecule has 126 valence electrons. The maximum absolute atomic E-state index is 12.4. The molecule has 0 radical (unpaired) electrons. The number of nitrogens with zero attached hydrogens (tertiary/aromatic N) is 2. The van der Waals surface area contributed by atoms with Crippen molar-refractivity contribution >= 4 is 57.5 Å². The first-order valence-electron chi connectivity index (χ1n) is 7.00. The van der Waals surface area contributed by atoms with Crippen LogP contribution in [0.2, 0.25) is 10.0 Å². The summed E-state index contributed by atoms with van der Waals surface area (Å²) in [5.74, 6) is 0. The Labute approximate surface area is 156 Å². The predicted octanol–water partition coefficient (Wildman–Crippen LogP) is 2.75. The van der Waals surface area contributed by atoms with Crippen molar-refractivity contribution in [3.8, 4) is 0 Å². The summed E-state index contributed by atoms with van der Waals surface area (Å²) in [6, 6.07) is 11.4. The number of rotatable bonds is 2.